The molecule has 0 N–H and O–H groups in total. The maximum atomic E-state index is 11.4. The number of carbonyl (C=O) groups is 1. The molecule has 1 rings (SSSR count). The summed E-state index contributed by atoms with van der Waals surface area (Å²) in [4.78, 5) is 11.4. The van der Waals surface area contributed by atoms with Gasteiger partial charge in [0.1, 0.15) is 0 Å². The Labute approximate surface area is 112 Å². The third-order valence-corrected chi connectivity index (χ3v) is 8.62. The Morgan fingerprint density at radius 2 is 2.00 bits per heavy atom. The molecule has 0 unspecified atom stereocenters. The molecule has 0 aromatic carbocycles. The van der Waals surface area contributed by atoms with Gasteiger partial charge in [-0.1, -0.05) is 32.9 Å². The van der Waals surface area contributed by atoms with Crippen molar-refractivity contribution < 1.29 is 14.0 Å². The molecule has 0 amide bonds. The number of carbonyl (C=O) groups excluding carboxylic acids is 1. The van der Waals surface area contributed by atoms with Gasteiger partial charge < -0.3 is 9.16 Å². The molecule has 1 aliphatic carbocycles. The summed E-state index contributed by atoms with van der Waals surface area (Å²) in [5.41, 5.74) is 0. The van der Waals surface area contributed by atoms with E-state index in [2.05, 4.69) is 46.0 Å². The lowest BCUT2D eigenvalue weighted by molar-refractivity contribution is -0.142. The van der Waals surface area contributed by atoms with Crippen molar-refractivity contribution in [3.8, 4) is 0 Å². The van der Waals surface area contributed by atoms with E-state index >= 15 is 0 Å². The minimum atomic E-state index is -1.77. The van der Waals surface area contributed by atoms with E-state index in [0.29, 0.717) is 6.42 Å². The van der Waals surface area contributed by atoms with Crippen LogP contribution in [0.4, 0.5) is 0 Å². The van der Waals surface area contributed by atoms with E-state index in [1.807, 2.05) is 0 Å². The SMILES string of the molecule is COC(=O)C[C@@H]1C=CC[C@@H]1O[Si](C)(C)C(C)(C)C. The Balaban J connectivity index is 2.65. The van der Waals surface area contributed by atoms with Gasteiger partial charge >= 0.3 is 5.97 Å². The maximum absolute atomic E-state index is 11.4. The molecular weight excluding hydrogens is 244 g/mol. The van der Waals surface area contributed by atoms with Crippen LogP contribution in [0, 0.1) is 5.92 Å². The quantitative estimate of drug-likeness (QED) is 0.445. The van der Waals surface area contributed by atoms with Crippen LogP contribution in [0.1, 0.15) is 33.6 Å². The fourth-order valence-corrected chi connectivity index (χ4v) is 3.23. The molecule has 1 aliphatic rings. The molecule has 0 aromatic heterocycles. The lowest BCUT2D eigenvalue weighted by Crippen LogP contribution is -2.45. The van der Waals surface area contributed by atoms with Crippen LogP contribution in [-0.4, -0.2) is 27.5 Å². The molecule has 4 heteroatoms. The second-order valence-corrected chi connectivity index (χ2v) is 11.3. The Morgan fingerprint density at radius 3 is 2.50 bits per heavy atom. The Morgan fingerprint density at radius 1 is 1.39 bits per heavy atom. The Kier molecular flexibility index (Phi) is 4.78. The van der Waals surface area contributed by atoms with Gasteiger partial charge in [-0.15, -0.1) is 0 Å². The van der Waals surface area contributed by atoms with E-state index in [9.17, 15) is 4.79 Å². The molecule has 18 heavy (non-hydrogen) atoms. The summed E-state index contributed by atoms with van der Waals surface area (Å²) in [6.45, 7) is 11.2. The number of hydrogen-bond acceptors (Lipinski definition) is 3. The molecule has 0 heterocycles. The first kappa shape index (κ1) is 15.4. The zero-order chi connectivity index (χ0) is 14.0. The average Bonchev–Trinajstić information content (AvgIpc) is 2.63. The smallest absolute Gasteiger partial charge is 0.306 e. The summed E-state index contributed by atoms with van der Waals surface area (Å²) >= 11 is 0. The van der Waals surface area contributed by atoms with Crippen molar-refractivity contribution in [3.63, 3.8) is 0 Å². The lowest BCUT2D eigenvalue weighted by atomic mass is 10.0. The first-order valence-corrected chi connectivity index (χ1v) is 9.49. The predicted octanol–water partition coefficient (Wildman–Crippen LogP) is 3.52. The second kappa shape index (κ2) is 5.57. The van der Waals surface area contributed by atoms with E-state index < -0.39 is 8.32 Å². The van der Waals surface area contributed by atoms with Crippen molar-refractivity contribution >= 4 is 14.3 Å². The zero-order valence-electron chi connectivity index (χ0n) is 12.4. The van der Waals surface area contributed by atoms with Gasteiger partial charge in [-0.05, 0) is 24.6 Å². The van der Waals surface area contributed by atoms with Crippen LogP contribution < -0.4 is 0 Å². The molecule has 0 aromatic rings. The normalized spacial score (nSPS) is 24.3. The summed E-state index contributed by atoms with van der Waals surface area (Å²) in [6, 6.07) is 0. The van der Waals surface area contributed by atoms with Crippen LogP contribution in [-0.2, 0) is 14.0 Å². The zero-order valence-corrected chi connectivity index (χ0v) is 13.4. The van der Waals surface area contributed by atoms with Gasteiger partial charge in [-0.2, -0.15) is 0 Å². The van der Waals surface area contributed by atoms with Crippen molar-refractivity contribution in [2.45, 2.75) is 57.8 Å². The highest BCUT2D eigenvalue weighted by molar-refractivity contribution is 6.74. The van der Waals surface area contributed by atoms with Crippen LogP contribution in [0.2, 0.25) is 18.1 Å². The molecule has 0 bridgehead atoms. The number of hydrogen-bond donors (Lipinski definition) is 0. The highest BCUT2D eigenvalue weighted by atomic mass is 28.4. The van der Waals surface area contributed by atoms with Gasteiger partial charge in [0.15, 0.2) is 8.32 Å². The fraction of sp³-hybridized carbons (Fsp3) is 0.786. The van der Waals surface area contributed by atoms with Crippen LogP contribution in [0.3, 0.4) is 0 Å². The average molecular weight is 270 g/mol. The summed E-state index contributed by atoms with van der Waals surface area (Å²) in [6.07, 6.45) is 5.69. The molecule has 0 fully saturated rings. The van der Waals surface area contributed by atoms with Crippen molar-refractivity contribution in [1.82, 2.24) is 0 Å². The largest absolute Gasteiger partial charge is 0.469 e. The minimum Gasteiger partial charge on any atom is -0.469 e. The Bertz CT molecular complexity index is 328. The number of esters is 1. The van der Waals surface area contributed by atoms with Crippen molar-refractivity contribution in [2.75, 3.05) is 7.11 Å². The van der Waals surface area contributed by atoms with E-state index in [0.717, 1.165) is 6.42 Å². The molecular formula is C14H26O3Si. The third-order valence-electron chi connectivity index (χ3n) is 4.11. The minimum absolute atomic E-state index is 0.144. The summed E-state index contributed by atoms with van der Waals surface area (Å²) in [7, 11) is -0.330. The summed E-state index contributed by atoms with van der Waals surface area (Å²) in [5.74, 6) is 0.0157. The van der Waals surface area contributed by atoms with Crippen LogP contribution >= 0.6 is 0 Å². The van der Waals surface area contributed by atoms with Crippen molar-refractivity contribution in [2.24, 2.45) is 5.92 Å². The number of ether oxygens (including phenoxy) is 1. The van der Waals surface area contributed by atoms with E-state index in [4.69, 9.17) is 9.16 Å². The van der Waals surface area contributed by atoms with Crippen LogP contribution in [0.15, 0.2) is 12.2 Å². The highest BCUT2D eigenvalue weighted by Crippen LogP contribution is 2.40. The number of rotatable bonds is 4. The molecule has 0 spiro atoms. The maximum Gasteiger partial charge on any atom is 0.306 e. The molecule has 0 aliphatic heterocycles. The summed E-state index contributed by atoms with van der Waals surface area (Å²) < 4.78 is 11.1. The standard InChI is InChI=1S/C14H26O3Si/c1-14(2,3)18(5,6)17-12-9-7-8-11(12)10-13(15)16-4/h7-8,11-12H,9-10H2,1-6H3/t11-,12-/m0/s1. The third kappa shape index (κ3) is 3.69. The predicted molar refractivity (Wildman–Crippen MR) is 76.0 cm³/mol. The first-order valence-electron chi connectivity index (χ1n) is 6.58. The molecule has 0 radical (unpaired) electrons. The highest BCUT2D eigenvalue weighted by Gasteiger charge is 2.41. The fourth-order valence-electron chi connectivity index (χ4n) is 1.85. The van der Waals surface area contributed by atoms with Crippen LogP contribution in [0.5, 0.6) is 0 Å². The van der Waals surface area contributed by atoms with E-state index in [-0.39, 0.29) is 23.0 Å². The van der Waals surface area contributed by atoms with Crippen LogP contribution in [0.25, 0.3) is 0 Å². The molecule has 0 saturated carbocycles. The monoisotopic (exact) mass is 270 g/mol. The van der Waals surface area contributed by atoms with E-state index in [1.165, 1.54) is 7.11 Å². The molecule has 3 nitrogen and oxygen atoms in total. The van der Waals surface area contributed by atoms with Gasteiger partial charge in [-0.25, -0.2) is 0 Å². The van der Waals surface area contributed by atoms with Crippen molar-refractivity contribution in [1.29, 1.82) is 0 Å². The van der Waals surface area contributed by atoms with E-state index in [1.54, 1.807) is 0 Å². The molecule has 104 valence electrons. The second-order valence-electron chi connectivity index (χ2n) is 6.52. The number of methoxy groups -OCH3 is 1. The summed E-state index contributed by atoms with van der Waals surface area (Å²) in [5, 5.41) is 0.200. The van der Waals surface area contributed by atoms with Crippen molar-refractivity contribution in [3.05, 3.63) is 12.2 Å². The topological polar surface area (TPSA) is 35.5 Å². The van der Waals surface area contributed by atoms with Gasteiger partial charge in [0.2, 0.25) is 0 Å². The van der Waals surface area contributed by atoms with Gasteiger partial charge in [0.05, 0.1) is 19.6 Å². The van der Waals surface area contributed by atoms with Gasteiger partial charge in [0, 0.05) is 5.92 Å². The molecule has 2 atom stereocenters. The first-order chi connectivity index (χ1) is 8.17. The van der Waals surface area contributed by atoms with Gasteiger partial charge in [0.25, 0.3) is 0 Å². The molecule has 0 saturated heterocycles. The van der Waals surface area contributed by atoms with Gasteiger partial charge in [-0.3, -0.25) is 4.79 Å². The Hall–Kier alpha value is -0.613. The lowest BCUT2D eigenvalue weighted by Gasteiger charge is -2.39.